The van der Waals surface area contributed by atoms with Crippen LogP contribution in [0.1, 0.15) is 36.7 Å². The molecule has 1 atom stereocenters. The summed E-state index contributed by atoms with van der Waals surface area (Å²) in [5.74, 6) is 0.634. The molecule has 1 heterocycles. The largest absolute Gasteiger partial charge is 0.388 e. The van der Waals surface area contributed by atoms with Crippen LogP contribution in [0.25, 0.3) is 10.1 Å². The first kappa shape index (κ1) is 11.2. The van der Waals surface area contributed by atoms with E-state index in [2.05, 4.69) is 0 Å². The van der Waals surface area contributed by atoms with E-state index in [1.54, 1.807) is 6.07 Å². The van der Waals surface area contributed by atoms with Gasteiger partial charge in [-0.1, -0.05) is 18.9 Å². The van der Waals surface area contributed by atoms with Crippen molar-refractivity contribution in [1.82, 2.24) is 0 Å². The van der Waals surface area contributed by atoms with Gasteiger partial charge >= 0.3 is 0 Å². The average Bonchev–Trinajstić information content (AvgIpc) is 3.04. The molecule has 2 aromatic rings. The lowest BCUT2D eigenvalue weighted by molar-refractivity contribution is 0.166. The van der Waals surface area contributed by atoms with Crippen LogP contribution in [0.3, 0.4) is 0 Å². The molecule has 1 fully saturated rings. The van der Waals surface area contributed by atoms with E-state index in [1.807, 2.05) is 6.07 Å². The normalized spacial score (nSPS) is 17.5. The fourth-order valence-electron chi connectivity index (χ4n) is 2.13. The summed E-state index contributed by atoms with van der Waals surface area (Å²) in [7, 11) is 0. The Labute approximate surface area is 104 Å². The summed E-state index contributed by atoms with van der Waals surface area (Å²) >= 11 is 1.50. The number of thiophene rings is 1. The topological polar surface area (TPSA) is 20.2 Å². The van der Waals surface area contributed by atoms with E-state index in [9.17, 15) is 9.50 Å². The zero-order chi connectivity index (χ0) is 11.8. The number of hydrogen-bond acceptors (Lipinski definition) is 2. The van der Waals surface area contributed by atoms with E-state index in [1.165, 1.54) is 36.3 Å². The molecule has 1 saturated carbocycles. The van der Waals surface area contributed by atoms with Crippen molar-refractivity contribution in [2.75, 3.05) is 0 Å². The Kier molecular flexibility index (Phi) is 2.89. The quantitative estimate of drug-likeness (QED) is 0.859. The fourth-order valence-corrected chi connectivity index (χ4v) is 3.24. The number of rotatable bonds is 4. The highest BCUT2D eigenvalue weighted by Crippen LogP contribution is 2.38. The third-order valence-corrected chi connectivity index (χ3v) is 4.57. The van der Waals surface area contributed by atoms with E-state index in [0.29, 0.717) is 0 Å². The molecule has 1 aromatic carbocycles. The van der Waals surface area contributed by atoms with Gasteiger partial charge in [0, 0.05) is 9.58 Å². The predicted molar refractivity (Wildman–Crippen MR) is 68.7 cm³/mol. The van der Waals surface area contributed by atoms with Crippen molar-refractivity contribution in [2.45, 2.75) is 31.8 Å². The SMILES string of the molecule is OC(CCC1CC1)c1cc2ccc(F)cc2s1. The summed E-state index contributed by atoms with van der Waals surface area (Å²) in [6.45, 7) is 0. The van der Waals surface area contributed by atoms with Gasteiger partial charge in [0.15, 0.2) is 0 Å². The molecule has 1 aliphatic rings. The fraction of sp³-hybridized carbons (Fsp3) is 0.429. The summed E-state index contributed by atoms with van der Waals surface area (Å²) in [4.78, 5) is 0.964. The summed E-state index contributed by atoms with van der Waals surface area (Å²) in [5.41, 5.74) is 0. The minimum absolute atomic E-state index is 0.210. The molecule has 1 N–H and O–H groups in total. The molecule has 0 saturated heterocycles. The van der Waals surface area contributed by atoms with Crippen LogP contribution in [-0.4, -0.2) is 5.11 Å². The maximum Gasteiger partial charge on any atom is 0.124 e. The van der Waals surface area contributed by atoms with Crippen molar-refractivity contribution < 1.29 is 9.50 Å². The molecular weight excluding hydrogens is 235 g/mol. The number of aliphatic hydroxyl groups excluding tert-OH is 1. The molecule has 1 aromatic heterocycles. The molecule has 17 heavy (non-hydrogen) atoms. The smallest absolute Gasteiger partial charge is 0.124 e. The molecule has 0 aliphatic heterocycles. The van der Waals surface area contributed by atoms with Crippen molar-refractivity contribution in [1.29, 1.82) is 0 Å². The minimum atomic E-state index is -0.379. The van der Waals surface area contributed by atoms with E-state index < -0.39 is 0 Å². The number of benzene rings is 1. The highest BCUT2D eigenvalue weighted by molar-refractivity contribution is 7.19. The second-order valence-electron chi connectivity index (χ2n) is 4.87. The van der Waals surface area contributed by atoms with E-state index in [0.717, 1.165) is 33.7 Å². The van der Waals surface area contributed by atoms with Crippen LogP contribution in [0, 0.1) is 11.7 Å². The van der Waals surface area contributed by atoms with Crippen molar-refractivity contribution >= 4 is 21.4 Å². The number of halogens is 1. The van der Waals surface area contributed by atoms with Gasteiger partial charge in [-0.25, -0.2) is 4.39 Å². The lowest BCUT2D eigenvalue weighted by Gasteiger charge is -2.06. The maximum absolute atomic E-state index is 13.1. The molecule has 3 rings (SSSR count). The maximum atomic E-state index is 13.1. The first-order valence-corrected chi connectivity index (χ1v) is 6.91. The van der Waals surface area contributed by atoms with Gasteiger partial charge in [0.1, 0.15) is 5.82 Å². The Balaban J connectivity index is 1.78. The van der Waals surface area contributed by atoms with Gasteiger partial charge in [-0.2, -0.15) is 0 Å². The van der Waals surface area contributed by atoms with Gasteiger partial charge < -0.3 is 5.11 Å². The molecule has 1 aliphatic carbocycles. The summed E-state index contributed by atoms with van der Waals surface area (Å²) < 4.78 is 14.0. The third-order valence-electron chi connectivity index (χ3n) is 3.37. The van der Waals surface area contributed by atoms with E-state index >= 15 is 0 Å². The van der Waals surface area contributed by atoms with Gasteiger partial charge in [0.2, 0.25) is 0 Å². The first-order valence-electron chi connectivity index (χ1n) is 6.09. The van der Waals surface area contributed by atoms with E-state index in [4.69, 9.17) is 0 Å². The third kappa shape index (κ3) is 2.50. The van der Waals surface area contributed by atoms with Gasteiger partial charge in [0.05, 0.1) is 6.10 Å². The minimum Gasteiger partial charge on any atom is -0.388 e. The predicted octanol–water partition coefficient (Wildman–Crippen LogP) is 4.26. The molecule has 0 spiro atoms. The molecule has 0 bridgehead atoms. The molecular formula is C14H15FOS. The molecule has 0 amide bonds. The monoisotopic (exact) mass is 250 g/mol. The Morgan fingerprint density at radius 3 is 2.94 bits per heavy atom. The Morgan fingerprint density at radius 1 is 1.35 bits per heavy atom. The van der Waals surface area contributed by atoms with Crippen LogP contribution in [0.2, 0.25) is 0 Å². The van der Waals surface area contributed by atoms with Crippen LogP contribution in [0.15, 0.2) is 24.3 Å². The molecule has 90 valence electrons. The van der Waals surface area contributed by atoms with Crippen molar-refractivity contribution in [2.24, 2.45) is 5.92 Å². The van der Waals surface area contributed by atoms with Gasteiger partial charge in [-0.15, -0.1) is 11.3 Å². The van der Waals surface area contributed by atoms with Gasteiger partial charge in [0.25, 0.3) is 0 Å². The lowest BCUT2D eigenvalue weighted by atomic mass is 10.1. The highest BCUT2D eigenvalue weighted by atomic mass is 32.1. The van der Waals surface area contributed by atoms with E-state index in [-0.39, 0.29) is 11.9 Å². The van der Waals surface area contributed by atoms with Crippen molar-refractivity contribution in [3.63, 3.8) is 0 Å². The lowest BCUT2D eigenvalue weighted by Crippen LogP contribution is -1.94. The molecule has 1 nitrogen and oxygen atoms in total. The second kappa shape index (κ2) is 4.39. The number of aliphatic hydroxyl groups is 1. The molecule has 0 radical (unpaired) electrons. The number of hydrogen-bond donors (Lipinski definition) is 1. The summed E-state index contributed by atoms with van der Waals surface area (Å²) in [5, 5.41) is 11.1. The molecule has 3 heteroatoms. The zero-order valence-corrected chi connectivity index (χ0v) is 10.3. The first-order chi connectivity index (χ1) is 8.22. The van der Waals surface area contributed by atoms with Crippen LogP contribution >= 0.6 is 11.3 Å². The van der Waals surface area contributed by atoms with Crippen LogP contribution in [-0.2, 0) is 0 Å². The zero-order valence-electron chi connectivity index (χ0n) is 9.53. The number of fused-ring (bicyclic) bond motifs is 1. The van der Waals surface area contributed by atoms with Gasteiger partial charge in [-0.3, -0.25) is 0 Å². The standard InChI is InChI=1S/C14H15FOS/c15-11-5-4-10-7-14(17-13(10)8-11)12(16)6-3-9-1-2-9/h4-5,7-9,12,16H,1-3,6H2. The second-order valence-corrected chi connectivity index (χ2v) is 5.98. The Hall–Kier alpha value is -0.930. The van der Waals surface area contributed by atoms with Gasteiger partial charge in [-0.05, 0) is 42.3 Å². The van der Waals surface area contributed by atoms with Crippen molar-refractivity contribution in [3.05, 3.63) is 35.0 Å². The average molecular weight is 250 g/mol. The summed E-state index contributed by atoms with van der Waals surface area (Å²) in [6, 6.07) is 6.77. The van der Waals surface area contributed by atoms with Crippen LogP contribution in [0.5, 0.6) is 0 Å². The Bertz CT molecular complexity index is 530. The highest BCUT2D eigenvalue weighted by Gasteiger charge is 2.22. The van der Waals surface area contributed by atoms with Crippen molar-refractivity contribution in [3.8, 4) is 0 Å². The van der Waals surface area contributed by atoms with Crippen LogP contribution < -0.4 is 0 Å². The van der Waals surface area contributed by atoms with Crippen LogP contribution in [0.4, 0.5) is 4.39 Å². The Morgan fingerprint density at radius 2 is 2.18 bits per heavy atom. The molecule has 1 unspecified atom stereocenters. The summed E-state index contributed by atoms with van der Waals surface area (Å²) in [6.07, 6.45) is 4.22.